The number of rotatable bonds is 6. The molecule has 3 aromatic carbocycles. The molecule has 2 amide bonds. The number of nitro benzene ring substituents is 1. The van der Waals surface area contributed by atoms with Crippen LogP contribution in [0.1, 0.15) is 29.8 Å². The third-order valence-corrected chi connectivity index (χ3v) is 7.30. The van der Waals surface area contributed by atoms with E-state index < -0.39 is 22.3 Å². The molecule has 0 spiro atoms. The standard InChI is InChI=1S/C29H27N5O5/c1-16(27(30)35)21-5-4-12-31-29(21,2)19-8-10-22-24(15-19)33-28(36)20-9-6-17(13-23(20)32-22)18-7-11-25(34(37)38)26(14-18)39-3/h4-16,31-32H,1-3H3,(H2,30,35)(H,33,36). The van der Waals surface area contributed by atoms with Crippen molar-refractivity contribution in [1.82, 2.24) is 5.32 Å². The van der Waals surface area contributed by atoms with Crippen molar-refractivity contribution in [2.24, 2.45) is 11.7 Å². The second kappa shape index (κ2) is 9.64. The molecular formula is C29H27N5O5. The molecule has 0 aromatic heterocycles. The molecule has 0 fully saturated rings. The summed E-state index contributed by atoms with van der Waals surface area (Å²) in [6, 6.07) is 15.6. The van der Waals surface area contributed by atoms with Crippen LogP contribution in [0.25, 0.3) is 11.1 Å². The van der Waals surface area contributed by atoms with Crippen LogP contribution >= 0.6 is 0 Å². The maximum absolute atomic E-state index is 13.2. The van der Waals surface area contributed by atoms with Gasteiger partial charge >= 0.3 is 5.69 Å². The summed E-state index contributed by atoms with van der Waals surface area (Å²) in [5.41, 5.74) is 10.2. The summed E-state index contributed by atoms with van der Waals surface area (Å²) in [6.45, 7) is 3.74. The summed E-state index contributed by atoms with van der Waals surface area (Å²) < 4.78 is 5.21. The highest BCUT2D eigenvalue weighted by Crippen LogP contribution is 2.41. The first-order chi connectivity index (χ1) is 18.6. The SMILES string of the molecule is COc1cc(-c2ccc3c(c2)Nc2ccc(C4(C)NC=CC=C4C(C)C(N)=O)cc2NC3=O)ccc1[N+](=O)[O-]. The number of carbonyl (C=O) groups excluding carboxylic acids is 2. The number of anilines is 3. The van der Waals surface area contributed by atoms with Gasteiger partial charge in [0.15, 0.2) is 5.75 Å². The van der Waals surface area contributed by atoms with E-state index in [1.807, 2.05) is 49.5 Å². The number of amides is 2. The van der Waals surface area contributed by atoms with Gasteiger partial charge in [-0.05, 0) is 84.8 Å². The van der Waals surface area contributed by atoms with Gasteiger partial charge in [0.2, 0.25) is 5.91 Å². The summed E-state index contributed by atoms with van der Waals surface area (Å²) in [6.07, 6.45) is 5.53. The molecular weight excluding hydrogens is 498 g/mol. The Morgan fingerprint density at radius 3 is 2.49 bits per heavy atom. The smallest absolute Gasteiger partial charge is 0.310 e. The highest BCUT2D eigenvalue weighted by Gasteiger charge is 2.36. The molecule has 5 rings (SSSR count). The third-order valence-electron chi connectivity index (χ3n) is 7.30. The summed E-state index contributed by atoms with van der Waals surface area (Å²) in [4.78, 5) is 36.0. The summed E-state index contributed by atoms with van der Waals surface area (Å²) >= 11 is 0. The van der Waals surface area contributed by atoms with Crippen LogP contribution in [0, 0.1) is 16.0 Å². The number of hydrogen-bond acceptors (Lipinski definition) is 7. The number of fused-ring (bicyclic) bond motifs is 2. The highest BCUT2D eigenvalue weighted by atomic mass is 16.6. The predicted molar refractivity (Wildman–Crippen MR) is 149 cm³/mol. The number of dihydropyridines is 1. The molecule has 0 bridgehead atoms. The number of benzene rings is 3. The van der Waals surface area contributed by atoms with E-state index in [9.17, 15) is 19.7 Å². The van der Waals surface area contributed by atoms with Crippen molar-refractivity contribution in [3.05, 3.63) is 99.8 Å². The molecule has 39 heavy (non-hydrogen) atoms. The molecule has 0 aliphatic carbocycles. The second-order valence-corrected chi connectivity index (χ2v) is 9.62. The van der Waals surface area contributed by atoms with Crippen molar-refractivity contribution in [2.45, 2.75) is 19.4 Å². The molecule has 0 saturated heterocycles. The lowest BCUT2D eigenvalue weighted by atomic mass is 9.76. The van der Waals surface area contributed by atoms with Gasteiger partial charge in [0.05, 0.1) is 46.1 Å². The zero-order valence-corrected chi connectivity index (χ0v) is 21.6. The van der Waals surface area contributed by atoms with E-state index in [4.69, 9.17) is 10.5 Å². The zero-order valence-electron chi connectivity index (χ0n) is 21.6. The number of hydrogen-bond donors (Lipinski definition) is 4. The molecule has 2 heterocycles. The maximum Gasteiger partial charge on any atom is 0.310 e. The van der Waals surface area contributed by atoms with Crippen LogP contribution in [0.4, 0.5) is 22.7 Å². The minimum Gasteiger partial charge on any atom is -0.490 e. The van der Waals surface area contributed by atoms with Crippen LogP contribution < -0.4 is 26.4 Å². The number of carbonyl (C=O) groups is 2. The number of nitrogens with two attached hydrogens (primary N) is 1. The summed E-state index contributed by atoms with van der Waals surface area (Å²) in [7, 11) is 1.38. The normalized spacial score (nSPS) is 18.2. The molecule has 2 unspecified atom stereocenters. The molecule has 198 valence electrons. The van der Waals surface area contributed by atoms with E-state index in [1.54, 1.807) is 31.2 Å². The minimum atomic E-state index is -0.718. The van der Waals surface area contributed by atoms with E-state index in [-0.39, 0.29) is 17.3 Å². The van der Waals surface area contributed by atoms with Crippen molar-refractivity contribution in [3.63, 3.8) is 0 Å². The first kappa shape index (κ1) is 25.5. The fourth-order valence-electron chi connectivity index (χ4n) is 5.03. The average Bonchev–Trinajstić information content (AvgIpc) is 3.06. The van der Waals surface area contributed by atoms with Crippen LogP contribution in [0.15, 0.2) is 78.5 Å². The Kier molecular flexibility index (Phi) is 6.31. The number of nitrogens with one attached hydrogen (secondary N) is 3. The predicted octanol–water partition coefficient (Wildman–Crippen LogP) is 4.96. The van der Waals surface area contributed by atoms with Gasteiger partial charge in [-0.1, -0.05) is 18.2 Å². The van der Waals surface area contributed by atoms with E-state index in [0.717, 1.165) is 16.7 Å². The van der Waals surface area contributed by atoms with Crippen LogP contribution in [-0.2, 0) is 10.3 Å². The van der Waals surface area contributed by atoms with Gasteiger partial charge < -0.3 is 26.4 Å². The highest BCUT2D eigenvalue weighted by molar-refractivity contribution is 6.12. The number of nitrogens with zero attached hydrogens (tertiary/aromatic N) is 1. The minimum absolute atomic E-state index is 0.127. The molecule has 10 heteroatoms. The number of methoxy groups -OCH3 is 1. The van der Waals surface area contributed by atoms with Gasteiger partial charge in [0, 0.05) is 6.07 Å². The lowest BCUT2D eigenvalue weighted by Crippen LogP contribution is -2.44. The van der Waals surface area contributed by atoms with Gasteiger partial charge in [-0.3, -0.25) is 19.7 Å². The Bertz CT molecular complexity index is 1590. The summed E-state index contributed by atoms with van der Waals surface area (Å²) in [5, 5.41) is 21.0. The Morgan fingerprint density at radius 1 is 1.03 bits per heavy atom. The number of primary amides is 1. The Labute approximate surface area is 224 Å². The Hall–Kier alpha value is -5.12. The molecule has 10 nitrogen and oxygen atoms in total. The first-order valence-electron chi connectivity index (χ1n) is 12.3. The van der Waals surface area contributed by atoms with Crippen molar-refractivity contribution < 1.29 is 19.2 Å². The van der Waals surface area contributed by atoms with Crippen molar-refractivity contribution in [1.29, 1.82) is 0 Å². The molecule has 2 aliphatic rings. The van der Waals surface area contributed by atoms with Gasteiger partial charge in [0.25, 0.3) is 5.91 Å². The van der Waals surface area contributed by atoms with E-state index in [2.05, 4.69) is 16.0 Å². The molecule has 0 saturated carbocycles. The summed E-state index contributed by atoms with van der Waals surface area (Å²) in [5.74, 6) is -1.06. The van der Waals surface area contributed by atoms with Crippen LogP contribution in [0.5, 0.6) is 5.75 Å². The second-order valence-electron chi connectivity index (χ2n) is 9.62. The number of allylic oxidation sites excluding steroid dienone is 2. The Balaban J connectivity index is 1.51. The lowest BCUT2D eigenvalue weighted by Gasteiger charge is -2.38. The fraction of sp³-hybridized carbons (Fsp3) is 0.172. The Morgan fingerprint density at radius 2 is 1.77 bits per heavy atom. The van der Waals surface area contributed by atoms with E-state index in [0.29, 0.717) is 28.2 Å². The van der Waals surface area contributed by atoms with E-state index >= 15 is 0 Å². The molecule has 3 aromatic rings. The lowest BCUT2D eigenvalue weighted by molar-refractivity contribution is -0.385. The first-order valence-corrected chi connectivity index (χ1v) is 12.3. The number of nitro groups is 1. The van der Waals surface area contributed by atoms with Gasteiger partial charge in [-0.2, -0.15) is 0 Å². The monoisotopic (exact) mass is 525 g/mol. The largest absolute Gasteiger partial charge is 0.490 e. The number of ether oxygens (including phenoxy) is 1. The topological polar surface area (TPSA) is 149 Å². The van der Waals surface area contributed by atoms with Gasteiger partial charge in [-0.15, -0.1) is 0 Å². The zero-order chi connectivity index (χ0) is 27.9. The average molecular weight is 526 g/mol. The van der Waals surface area contributed by atoms with Crippen LogP contribution in [0.3, 0.4) is 0 Å². The fourth-order valence-corrected chi connectivity index (χ4v) is 5.03. The van der Waals surface area contributed by atoms with E-state index in [1.165, 1.54) is 13.2 Å². The van der Waals surface area contributed by atoms with Crippen LogP contribution in [-0.4, -0.2) is 23.8 Å². The quantitative estimate of drug-likeness (QED) is 0.262. The van der Waals surface area contributed by atoms with Crippen molar-refractivity contribution in [2.75, 3.05) is 17.7 Å². The molecule has 5 N–H and O–H groups in total. The molecule has 2 atom stereocenters. The van der Waals surface area contributed by atoms with Crippen LogP contribution in [0.2, 0.25) is 0 Å². The van der Waals surface area contributed by atoms with Gasteiger partial charge in [-0.25, -0.2) is 0 Å². The van der Waals surface area contributed by atoms with Crippen molar-refractivity contribution >= 4 is 34.6 Å². The van der Waals surface area contributed by atoms with Crippen molar-refractivity contribution in [3.8, 4) is 16.9 Å². The third kappa shape index (κ3) is 4.46. The molecule has 0 radical (unpaired) electrons. The molecule has 2 aliphatic heterocycles. The maximum atomic E-state index is 13.2. The van der Waals surface area contributed by atoms with Gasteiger partial charge in [0.1, 0.15) is 0 Å².